The molecule has 1 aliphatic heterocycles. The number of fused-ring (bicyclic) bond motifs is 4. The normalized spacial score (nSPS) is 16.1. The predicted octanol–water partition coefficient (Wildman–Crippen LogP) is 4.04. The Labute approximate surface area is 187 Å². The molecule has 1 atom stereocenters. The Kier molecular flexibility index (Phi) is 4.93. The average Bonchev–Trinajstić information content (AvgIpc) is 3.22. The predicted molar refractivity (Wildman–Crippen MR) is 110 cm³/mol. The molecule has 2 N–H and O–H groups in total. The van der Waals surface area contributed by atoms with Gasteiger partial charge >= 0.3 is 6.18 Å². The minimum atomic E-state index is -4.64. The molecular weight excluding hydrogens is 463 g/mol. The molecule has 34 heavy (non-hydrogen) atoms. The maximum Gasteiger partial charge on any atom is 0.433 e. The Bertz CT molecular complexity index is 1530. The van der Waals surface area contributed by atoms with E-state index in [-0.39, 0.29) is 40.6 Å². The largest absolute Gasteiger partial charge is 0.433 e. The molecule has 1 aromatic carbocycles. The number of rotatable bonds is 2. The molecule has 0 spiro atoms. The Morgan fingerprint density at radius 1 is 1.12 bits per heavy atom. The second-order valence-electron chi connectivity index (χ2n) is 7.94. The van der Waals surface area contributed by atoms with Gasteiger partial charge in [0.1, 0.15) is 11.4 Å². The Hall–Kier alpha value is -3.80. The van der Waals surface area contributed by atoms with Crippen molar-refractivity contribution in [1.82, 2.24) is 19.9 Å². The number of pyridine rings is 2. The van der Waals surface area contributed by atoms with Crippen molar-refractivity contribution >= 4 is 27.6 Å². The van der Waals surface area contributed by atoms with Crippen molar-refractivity contribution in [3.8, 4) is 0 Å². The second kappa shape index (κ2) is 7.62. The third-order valence-electron chi connectivity index (χ3n) is 5.85. The summed E-state index contributed by atoms with van der Waals surface area (Å²) in [4.78, 5) is 35.6. The fourth-order valence-corrected chi connectivity index (χ4v) is 4.18. The fourth-order valence-electron chi connectivity index (χ4n) is 4.18. The Morgan fingerprint density at radius 2 is 1.82 bits per heavy atom. The summed E-state index contributed by atoms with van der Waals surface area (Å²) < 4.78 is 72.2. The van der Waals surface area contributed by atoms with E-state index in [0.29, 0.717) is 11.3 Å². The van der Waals surface area contributed by atoms with Crippen LogP contribution in [-0.4, -0.2) is 39.4 Å². The van der Waals surface area contributed by atoms with Crippen molar-refractivity contribution in [1.29, 1.82) is 0 Å². The van der Waals surface area contributed by atoms with Crippen LogP contribution >= 0.6 is 0 Å². The van der Waals surface area contributed by atoms with Crippen molar-refractivity contribution in [3.63, 3.8) is 0 Å². The van der Waals surface area contributed by atoms with Gasteiger partial charge in [0.2, 0.25) is 0 Å². The minimum Gasteiger partial charge on any atom is -0.373 e. The molecular formula is C22H15F5N4O3. The number of amides is 1. The summed E-state index contributed by atoms with van der Waals surface area (Å²) in [6.45, 7) is -0.00823. The second-order valence-corrected chi connectivity index (χ2v) is 7.94. The van der Waals surface area contributed by atoms with E-state index in [1.165, 1.54) is 18.0 Å². The van der Waals surface area contributed by atoms with Crippen molar-refractivity contribution in [2.75, 3.05) is 13.7 Å². The molecule has 176 valence electrons. The number of nitrogens with zero attached hydrogens (tertiary/aromatic N) is 2. The number of benzene rings is 1. The van der Waals surface area contributed by atoms with Crippen LogP contribution in [0.1, 0.15) is 33.5 Å². The van der Waals surface area contributed by atoms with Crippen LogP contribution in [0.3, 0.4) is 0 Å². The number of hydrogen-bond donors (Lipinski definition) is 2. The number of halogens is 5. The number of carbonyl (C=O) groups excluding carboxylic acids is 1. The van der Waals surface area contributed by atoms with Crippen LogP contribution in [0.5, 0.6) is 0 Å². The molecule has 1 unspecified atom stereocenters. The van der Waals surface area contributed by atoms with Crippen LogP contribution in [-0.2, 0) is 17.5 Å². The molecule has 0 aliphatic carbocycles. The highest BCUT2D eigenvalue weighted by Crippen LogP contribution is 2.35. The number of H-pyrrole nitrogens is 2. The highest BCUT2D eigenvalue weighted by Gasteiger charge is 2.34. The first kappa shape index (κ1) is 22.0. The molecule has 4 heterocycles. The van der Waals surface area contributed by atoms with Crippen molar-refractivity contribution in [3.05, 3.63) is 75.1 Å². The molecule has 0 radical (unpaired) electrons. The zero-order valence-electron chi connectivity index (χ0n) is 17.4. The third-order valence-corrected chi connectivity index (χ3v) is 5.85. The number of carbonyl (C=O) groups is 1. The minimum absolute atomic E-state index is 0.00305. The molecule has 4 aromatic rings. The summed E-state index contributed by atoms with van der Waals surface area (Å²) in [5.74, 6) is -2.92. The number of aromatic amines is 2. The van der Waals surface area contributed by atoms with Crippen LogP contribution in [0, 0.1) is 11.6 Å². The van der Waals surface area contributed by atoms with Gasteiger partial charge in [-0.25, -0.2) is 13.8 Å². The number of hydrogen-bond acceptors (Lipinski definition) is 4. The van der Waals surface area contributed by atoms with E-state index in [0.717, 1.165) is 24.4 Å². The summed E-state index contributed by atoms with van der Waals surface area (Å²) in [7, 11) is 1.44. The molecule has 1 amide bonds. The lowest BCUT2D eigenvalue weighted by Crippen LogP contribution is -2.37. The summed E-state index contributed by atoms with van der Waals surface area (Å²) in [5, 5.41) is 0.203. The van der Waals surface area contributed by atoms with Crippen LogP contribution in [0.25, 0.3) is 21.7 Å². The van der Waals surface area contributed by atoms with Gasteiger partial charge in [-0.05, 0) is 29.7 Å². The van der Waals surface area contributed by atoms with E-state index in [9.17, 15) is 31.5 Å². The zero-order chi connectivity index (χ0) is 24.4. The first-order chi connectivity index (χ1) is 16.0. The smallest absolute Gasteiger partial charge is 0.373 e. The van der Waals surface area contributed by atoms with Gasteiger partial charge in [0.25, 0.3) is 11.5 Å². The third kappa shape index (κ3) is 3.50. The number of nitrogens with one attached hydrogen (secondary N) is 2. The first-order valence-electron chi connectivity index (χ1n) is 9.99. The summed E-state index contributed by atoms with van der Waals surface area (Å²) in [6.07, 6.45) is -3.65. The van der Waals surface area contributed by atoms with E-state index >= 15 is 0 Å². The van der Waals surface area contributed by atoms with Crippen molar-refractivity contribution in [2.24, 2.45) is 0 Å². The van der Waals surface area contributed by atoms with Crippen molar-refractivity contribution < 1.29 is 31.5 Å². The quantitative estimate of drug-likeness (QED) is 0.426. The molecule has 1 aliphatic rings. The van der Waals surface area contributed by atoms with E-state index in [2.05, 4.69) is 15.0 Å². The summed E-state index contributed by atoms with van der Waals surface area (Å²) in [6, 6.07) is 3.01. The summed E-state index contributed by atoms with van der Waals surface area (Å²) in [5.41, 5.74) is -0.781. The van der Waals surface area contributed by atoms with Crippen LogP contribution in [0.4, 0.5) is 22.0 Å². The highest BCUT2D eigenvalue weighted by molar-refractivity contribution is 5.98. The number of likely N-dealkylation sites (N-methyl/N-ethyl adjacent to an activating group) is 1. The molecule has 7 nitrogen and oxygen atoms in total. The molecule has 0 bridgehead atoms. The standard InChI is InChI=1S/C22H15F5N4O3/c1-31(21(33)14-2-9-3-18(22(25,26)27)28-6-15(9)29-14)17-8-34-7-16-19(17)10-4-12(23)13(24)5-11(10)20(32)30-16/h2-6,17,29H,7-8H2,1H3,(H,30,32). The molecule has 0 fully saturated rings. The van der Waals surface area contributed by atoms with Gasteiger partial charge in [-0.15, -0.1) is 0 Å². The van der Waals surface area contributed by atoms with Gasteiger partial charge in [0, 0.05) is 23.7 Å². The fraction of sp³-hybridized carbons (Fsp3) is 0.227. The average molecular weight is 478 g/mol. The monoisotopic (exact) mass is 478 g/mol. The van der Waals surface area contributed by atoms with Gasteiger partial charge in [0.05, 0.1) is 36.4 Å². The van der Waals surface area contributed by atoms with Crippen LogP contribution in [0.15, 0.2) is 35.3 Å². The molecule has 5 rings (SSSR count). The van der Waals surface area contributed by atoms with E-state index in [4.69, 9.17) is 4.74 Å². The number of aromatic nitrogens is 3. The zero-order valence-corrected chi connectivity index (χ0v) is 17.4. The van der Waals surface area contributed by atoms with Crippen molar-refractivity contribution in [2.45, 2.75) is 18.8 Å². The van der Waals surface area contributed by atoms with Crippen LogP contribution < -0.4 is 5.56 Å². The molecule has 0 saturated carbocycles. The lowest BCUT2D eigenvalue weighted by molar-refractivity contribution is -0.141. The van der Waals surface area contributed by atoms with Gasteiger partial charge < -0.3 is 19.6 Å². The van der Waals surface area contributed by atoms with Gasteiger partial charge in [0.15, 0.2) is 11.6 Å². The lowest BCUT2D eigenvalue weighted by Gasteiger charge is -2.33. The maximum absolute atomic E-state index is 14.0. The Balaban J connectivity index is 1.57. The molecule has 3 aromatic heterocycles. The van der Waals surface area contributed by atoms with E-state index in [1.807, 2.05) is 0 Å². The van der Waals surface area contributed by atoms with Gasteiger partial charge in [-0.2, -0.15) is 13.2 Å². The lowest BCUT2D eigenvalue weighted by atomic mass is 9.95. The SMILES string of the molecule is CN(C(=O)c1cc2cc(C(F)(F)F)ncc2[nH]1)C1COCc2[nH]c(=O)c3cc(F)c(F)cc3c21. The van der Waals surface area contributed by atoms with E-state index in [1.54, 1.807) is 0 Å². The molecule has 12 heteroatoms. The molecule has 0 saturated heterocycles. The topological polar surface area (TPSA) is 91.1 Å². The Morgan fingerprint density at radius 3 is 2.53 bits per heavy atom. The number of alkyl halides is 3. The first-order valence-corrected chi connectivity index (χ1v) is 9.99. The summed E-state index contributed by atoms with van der Waals surface area (Å²) >= 11 is 0. The highest BCUT2D eigenvalue weighted by atomic mass is 19.4. The maximum atomic E-state index is 14.0. The van der Waals surface area contributed by atoms with Gasteiger partial charge in [-0.3, -0.25) is 9.59 Å². The van der Waals surface area contributed by atoms with Crippen LogP contribution in [0.2, 0.25) is 0 Å². The van der Waals surface area contributed by atoms with E-state index < -0.39 is 41.0 Å². The van der Waals surface area contributed by atoms with Gasteiger partial charge in [-0.1, -0.05) is 0 Å². The number of ether oxygens (including phenoxy) is 1.